The minimum atomic E-state index is -0.0125. The van der Waals surface area contributed by atoms with Gasteiger partial charge in [-0.05, 0) is 45.6 Å². The van der Waals surface area contributed by atoms with Gasteiger partial charge in [-0.15, -0.1) is 24.0 Å². The summed E-state index contributed by atoms with van der Waals surface area (Å²) in [5.41, 5.74) is 1.23. The molecule has 3 aliphatic rings. The van der Waals surface area contributed by atoms with Crippen LogP contribution in [0, 0.1) is 0 Å². The molecule has 3 atom stereocenters. The third kappa shape index (κ3) is 5.22. The molecule has 1 saturated heterocycles. The highest BCUT2D eigenvalue weighted by atomic mass is 127. The van der Waals surface area contributed by atoms with Crippen LogP contribution in [0.15, 0.2) is 29.3 Å². The zero-order valence-electron chi connectivity index (χ0n) is 18.5. The van der Waals surface area contributed by atoms with E-state index in [0.29, 0.717) is 12.1 Å². The number of hydrogen-bond acceptors (Lipinski definition) is 4. The zero-order chi connectivity index (χ0) is 20.3. The number of nitrogens with one attached hydrogen (secondary N) is 2. The van der Waals surface area contributed by atoms with Gasteiger partial charge in [-0.1, -0.05) is 18.2 Å². The summed E-state index contributed by atoms with van der Waals surface area (Å²) >= 11 is 0. The fourth-order valence-electron chi connectivity index (χ4n) is 5.19. The summed E-state index contributed by atoms with van der Waals surface area (Å²) in [6.45, 7) is 8.01. The van der Waals surface area contributed by atoms with Crippen molar-refractivity contribution < 1.29 is 9.47 Å². The molecule has 6 nitrogen and oxygen atoms in total. The smallest absolute Gasteiger partial charge is 0.191 e. The molecular weight excluding hydrogens is 491 g/mol. The summed E-state index contributed by atoms with van der Waals surface area (Å²) in [6, 6.07) is 9.57. The second-order valence-electron chi connectivity index (χ2n) is 8.89. The van der Waals surface area contributed by atoms with Gasteiger partial charge >= 0.3 is 0 Å². The van der Waals surface area contributed by atoms with Crippen LogP contribution in [0.25, 0.3) is 0 Å². The predicted molar refractivity (Wildman–Crippen MR) is 132 cm³/mol. The molecule has 1 aromatic carbocycles. The lowest BCUT2D eigenvalue weighted by atomic mass is 9.86. The number of para-hydroxylation sites is 1. The normalized spacial score (nSPS) is 27.0. The van der Waals surface area contributed by atoms with E-state index in [0.717, 1.165) is 57.3 Å². The Balaban J connectivity index is 0.00000256. The number of aliphatic imine (C=N–C) groups is 1. The topological polar surface area (TPSA) is 58.1 Å². The monoisotopic (exact) mass is 528 g/mol. The van der Waals surface area contributed by atoms with Crippen molar-refractivity contribution in [2.24, 2.45) is 4.99 Å². The van der Waals surface area contributed by atoms with Crippen LogP contribution >= 0.6 is 24.0 Å². The molecule has 1 aromatic rings. The van der Waals surface area contributed by atoms with E-state index in [2.05, 4.69) is 58.6 Å². The number of morpholine rings is 1. The summed E-state index contributed by atoms with van der Waals surface area (Å²) in [5.74, 6) is 1.90. The van der Waals surface area contributed by atoms with Crippen LogP contribution in [0.1, 0.15) is 57.6 Å². The van der Waals surface area contributed by atoms with E-state index in [1.807, 2.05) is 7.05 Å². The van der Waals surface area contributed by atoms with Crippen LogP contribution in [0.4, 0.5) is 0 Å². The molecule has 0 bridgehead atoms. The largest absolute Gasteiger partial charge is 0.487 e. The van der Waals surface area contributed by atoms with Crippen molar-refractivity contribution in [3.63, 3.8) is 0 Å². The van der Waals surface area contributed by atoms with Gasteiger partial charge < -0.3 is 20.1 Å². The van der Waals surface area contributed by atoms with Gasteiger partial charge in [0.1, 0.15) is 11.4 Å². The Morgan fingerprint density at radius 1 is 1.30 bits per heavy atom. The van der Waals surface area contributed by atoms with Crippen LogP contribution in [0.3, 0.4) is 0 Å². The van der Waals surface area contributed by atoms with E-state index in [9.17, 15) is 0 Å². The summed E-state index contributed by atoms with van der Waals surface area (Å²) < 4.78 is 12.1. The average Bonchev–Trinajstić information content (AvgIpc) is 3.18. The Kier molecular flexibility index (Phi) is 8.26. The quantitative estimate of drug-likeness (QED) is 0.355. The molecule has 0 radical (unpaired) electrons. The fraction of sp³-hybridized carbons (Fsp3) is 0.696. The summed E-state index contributed by atoms with van der Waals surface area (Å²) in [6.07, 6.45) is 5.82. The van der Waals surface area contributed by atoms with Gasteiger partial charge in [0, 0.05) is 44.2 Å². The van der Waals surface area contributed by atoms with Gasteiger partial charge in [-0.25, -0.2) is 0 Å². The standard InChI is InChI=1S/C23H36N4O2.HI/c1-17(27-12-13-28-16-18(27)2)15-25-22(24-3)26-20-14-23(10-6-7-11-23)29-21-9-5-4-8-19(20)21;/h4-5,8-9,17-18,20H,6-7,10-16H2,1-3H3,(H2,24,25,26);1H. The lowest BCUT2D eigenvalue weighted by molar-refractivity contribution is -0.0174. The average molecular weight is 528 g/mol. The van der Waals surface area contributed by atoms with E-state index in [1.165, 1.54) is 18.4 Å². The van der Waals surface area contributed by atoms with Crippen molar-refractivity contribution in [2.45, 2.75) is 69.7 Å². The maximum Gasteiger partial charge on any atom is 0.191 e. The number of nitrogens with zero attached hydrogens (tertiary/aromatic N) is 2. The van der Waals surface area contributed by atoms with Crippen LogP contribution in [0.2, 0.25) is 0 Å². The highest BCUT2D eigenvalue weighted by molar-refractivity contribution is 14.0. The Morgan fingerprint density at radius 3 is 2.80 bits per heavy atom. The molecule has 2 fully saturated rings. The van der Waals surface area contributed by atoms with Gasteiger partial charge in [0.2, 0.25) is 0 Å². The van der Waals surface area contributed by atoms with Crippen molar-refractivity contribution in [2.75, 3.05) is 33.4 Å². The third-order valence-corrected chi connectivity index (χ3v) is 6.80. The number of guanidine groups is 1. The summed E-state index contributed by atoms with van der Waals surface area (Å²) in [4.78, 5) is 7.03. The molecule has 1 saturated carbocycles. The highest BCUT2D eigenvalue weighted by Crippen LogP contribution is 2.46. The minimum Gasteiger partial charge on any atom is -0.487 e. The number of fused-ring (bicyclic) bond motifs is 1. The first-order valence-electron chi connectivity index (χ1n) is 11.2. The Morgan fingerprint density at radius 2 is 2.07 bits per heavy atom. The maximum atomic E-state index is 6.50. The predicted octanol–water partition coefficient (Wildman–Crippen LogP) is 3.72. The number of rotatable bonds is 4. The Bertz CT molecular complexity index is 723. The molecule has 30 heavy (non-hydrogen) atoms. The summed E-state index contributed by atoms with van der Waals surface area (Å²) in [5, 5.41) is 7.26. The molecule has 0 aromatic heterocycles. The van der Waals surface area contributed by atoms with Crippen LogP contribution < -0.4 is 15.4 Å². The van der Waals surface area contributed by atoms with Crippen LogP contribution in [-0.2, 0) is 4.74 Å². The van der Waals surface area contributed by atoms with Crippen molar-refractivity contribution in [3.8, 4) is 5.75 Å². The van der Waals surface area contributed by atoms with Crippen LogP contribution in [-0.4, -0.2) is 61.9 Å². The molecule has 168 valence electrons. The van der Waals surface area contributed by atoms with Gasteiger partial charge in [-0.3, -0.25) is 9.89 Å². The number of hydrogen-bond donors (Lipinski definition) is 2. The lowest BCUT2D eigenvalue weighted by Crippen LogP contribution is -2.53. The van der Waals surface area contributed by atoms with E-state index in [-0.39, 0.29) is 35.6 Å². The minimum absolute atomic E-state index is 0. The zero-order valence-corrected chi connectivity index (χ0v) is 20.9. The van der Waals surface area contributed by atoms with Crippen molar-refractivity contribution >= 4 is 29.9 Å². The molecule has 2 aliphatic heterocycles. The lowest BCUT2D eigenvalue weighted by Gasteiger charge is -2.41. The van der Waals surface area contributed by atoms with E-state index in [4.69, 9.17) is 9.47 Å². The van der Waals surface area contributed by atoms with E-state index in [1.54, 1.807) is 0 Å². The molecule has 2 heterocycles. The molecule has 1 spiro atoms. The fourth-order valence-corrected chi connectivity index (χ4v) is 5.19. The molecular formula is C23H37IN4O2. The molecule has 7 heteroatoms. The van der Waals surface area contributed by atoms with Crippen LogP contribution in [0.5, 0.6) is 5.75 Å². The first-order chi connectivity index (χ1) is 14.1. The molecule has 3 unspecified atom stereocenters. The van der Waals surface area contributed by atoms with Crippen molar-refractivity contribution in [1.82, 2.24) is 15.5 Å². The third-order valence-electron chi connectivity index (χ3n) is 6.80. The maximum absolute atomic E-state index is 6.50. The van der Waals surface area contributed by atoms with Gasteiger partial charge in [0.05, 0.1) is 19.3 Å². The number of halogens is 1. The first kappa shape index (κ1) is 23.6. The van der Waals surface area contributed by atoms with Gasteiger partial charge in [0.25, 0.3) is 0 Å². The number of ether oxygens (including phenoxy) is 2. The summed E-state index contributed by atoms with van der Waals surface area (Å²) in [7, 11) is 1.86. The van der Waals surface area contributed by atoms with Crippen molar-refractivity contribution in [3.05, 3.63) is 29.8 Å². The van der Waals surface area contributed by atoms with Gasteiger partial charge in [-0.2, -0.15) is 0 Å². The molecule has 4 rings (SSSR count). The first-order valence-corrected chi connectivity index (χ1v) is 11.2. The molecule has 2 N–H and O–H groups in total. The van der Waals surface area contributed by atoms with Gasteiger partial charge in [0.15, 0.2) is 5.96 Å². The molecule has 1 aliphatic carbocycles. The Hall–Kier alpha value is -1.06. The number of benzene rings is 1. The van der Waals surface area contributed by atoms with E-state index < -0.39 is 0 Å². The highest BCUT2D eigenvalue weighted by Gasteiger charge is 2.43. The SMILES string of the molecule is CN=C(NCC(C)N1CCOCC1C)NC1CC2(CCCC2)Oc2ccccc21.I. The van der Waals surface area contributed by atoms with E-state index >= 15 is 0 Å². The Labute approximate surface area is 198 Å². The molecule has 0 amide bonds. The second-order valence-corrected chi connectivity index (χ2v) is 8.89. The second kappa shape index (κ2) is 10.5. The van der Waals surface area contributed by atoms with Crippen molar-refractivity contribution in [1.29, 1.82) is 0 Å².